The van der Waals surface area contributed by atoms with Crippen molar-refractivity contribution in [3.63, 3.8) is 0 Å². The van der Waals surface area contributed by atoms with Crippen molar-refractivity contribution in [1.29, 1.82) is 0 Å². The third-order valence-electron chi connectivity index (χ3n) is 3.86. The molecule has 0 aliphatic rings. The third-order valence-corrected chi connectivity index (χ3v) is 3.86. The number of unbranched alkanes of at least 4 members (excludes halogenated alkanes) is 1. The van der Waals surface area contributed by atoms with E-state index in [1.807, 2.05) is 0 Å². The Balaban J connectivity index is 2.30. The molecule has 0 aliphatic heterocycles. The van der Waals surface area contributed by atoms with E-state index in [1.165, 1.54) is 22.2 Å². The molecule has 0 bridgehead atoms. The van der Waals surface area contributed by atoms with E-state index in [-0.39, 0.29) is 6.10 Å². The number of fused-ring (bicyclic) bond motifs is 1. The highest BCUT2D eigenvalue weighted by molar-refractivity contribution is 5.85. The van der Waals surface area contributed by atoms with Gasteiger partial charge in [0.2, 0.25) is 0 Å². The van der Waals surface area contributed by atoms with Gasteiger partial charge in [-0.1, -0.05) is 38.0 Å². The van der Waals surface area contributed by atoms with Gasteiger partial charge in [0, 0.05) is 30.1 Å². The highest BCUT2D eigenvalue weighted by Crippen LogP contribution is 2.26. The SMILES string of the molecule is CCCCC(O)Cc1c(C)n(C)c2ccccc12. The van der Waals surface area contributed by atoms with E-state index < -0.39 is 0 Å². The summed E-state index contributed by atoms with van der Waals surface area (Å²) in [7, 11) is 2.10. The molecule has 0 saturated carbocycles. The van der Waals surface area contributed by atoms with Crippen molar-refractivity contribution in [1.82, 2.24) is 4.57 Å². The number of hydrogen-bond acceptors (Lipinski definition) is 1. The summed E-state index contributed by atoms with van der Waals surface area (Å²) in [5.41, 5.74) is 3.83. The Morgan fingerprint density at radius 3 is 2.72 bits per heavy atom. The number of aliphatic hydroxyl groups is 1. The largest absolute Gasteiger partial charge is 0.393 e. The summed E-state index contributed by atoms with van der Waals surface area (Å²) in [6.07, 6.45) is 3.71. The van der Waals surface area contributed by atoms with Crippen LogP contribution in [0.15, 0.2) is 24.3 Å². The number of para-hydroxylation sites is 1. The first-order chi connectivity index (χ1) is 8.65. The Bertz CT molecular complexity index is 527. The third kappa shape index (κ3) is 2.44. The number of nitrogens with zero attached hydrogens (tertiary/aromatic N) is 1. The van der Waals surface area contributed by atoms with E-state index in [2.05, 4.69) is 49.7 Å². The molecule has 0 fully saturated rings. The van der Waals surface area contributed by atoms with Gasteiger partial charge in [0.05, 0.1) is 6.10 Å². The van der Waals surface area contributed by atoms with E-state index >= 15 is 0 Å². The number of hydrogen-bond donors (Lipinski definition) is 1. The fourth-order valence-electron chi connectivity index (χ4n) is 2.63. The van der Waals surface area contributed by atoms with Gasteiger partial charge in [-0.3, -0.25) is 0 Å². The molecular weight excluding hydrogens is 222 g/mol. The molecule has 1 N–H and O–H groups in total. The molecular formula is C16H23NO. The lowest BCUT2D eigenvalue weighted by Crippen LogP contribution is -2.11. The van der Waals surface area contributed by atoms with Crippen molar-refractivity contribution in [2.24, 2.45) is 7.05 Å². The van der Waals surface area contributed by atoms with Gasteiger partial charge in [-0.05, 0) is 25.0 Å². The maximum absolute atomic E-state index is 10.1. The lowest BCUT2D eigenvalue weighted by atomic mass is 10.0. The topological polar surface area (TPSA) is 25.2 Å². The first-order valence-corrected chi connectivity index (χ1v) is 6.86. The van der Waals surface area contributed by atoms with Gasteiger partial charge in [0.15, 0.2) is 0 Å². The maximum Gasteiger partial charge on any atom is 0.0581 e. The first-order valence-electron chi connectivity index (χ1n) is 6.86. The second-order valence-electron chi connectivity index (χ2n) is 5.14. The molecule has 1 aromatic heterocycles. The predicted octanol–water partition coefficient (Wildman–Crippen LogP) is 3.58. The van der Waals surface area contributed by atoms with Crippen LogP contribution in [0.25, 0.3) is 10.9 Å². The van der Waals surface area contributed by atoms with Crippen LogP contribution in [0.5, 0.6) is 0 Å². The van der Waals surface area contributed by atoms with E-state index in [9.17, 15) is 5.11 Å². The van der Waals surface area contributed by atoms with Crippen LogP contribution in [0.3, 0.4) is 0 Å². The summed E-state index contributed by atoms with van der Waals surface area (Å²) in [6, 6.07) is 8.44. The Hall–Kier alpha value is -1.28. The normalized spacial score (nSPS) is 13.1. The van der Waals surface area contributed by atoms with Crippen LogP contribution in [-0.4, -0.2) is 15.8 Å². The second kappa shape index (κ2) is 5.57. The minimum Gasteiger partial charge on any atom is -0.393 e. The number of aryl methyl sites for hydroxylation is 1. The molecule has 1 heterocycles. The fraction of sp³-hybridized carbons (Fsp3) is 0.500. The van der Waals surface area contributed by atoms with E-state index in [0.29, 0.717) is 0 Å². The van der Waals surface area contributed by atoms with Crippen molar-refractivity contribution in [2.45, 2.75) is 45.6 Å². The van der Waals surface area contributed by atoms with E-state index in [1.54, 1.807) is 0 Å². The molecule has 1 unspecified atom stereocenters. The van der Waals surface area contributed by atoms with Crippen molar-refractivity contribution in [3.05, 3.63) is 35.5 Å². The number of aliphatic hydroxyl groups excluding tert-OH is 1. The molecule has 2 rings (SSSR count). The summed E-state index contributed by atoms with van der Waals surface area (Å²) in [6.45, 7) is 4.30. The summed E-state index contributed by atoms with van der Waals surface area (Å²) >= 11 is 0. The summed E-state index contributed by atoms with van der Waals surface area (Å²) in [5, 5.41) is 11.4. The smallest absolute Gasteiger partial charge is 0.0581 e. The van der Waals surface area contributed by atoms with Crippen LogP contribution in [0.2, 0.25) is 0 Å². The molecule has 2 nitrogen and oxygen atoms in total. The van der Waals surface area contributed by atoms with Gasteiger partial charge in [-0.15, -0.1) is 0 Å². The van der Waals surface area contributed by atoms with Gasteiger partial charge < -0.3 is 9.67 Å². The molecule has 2 aromatic rings. The van der Waals surface area contributed by atoms with Crippen LogP contribution in [-0.2, 0) is 13.5 Å². The van der Waals surface area contributed by atoms with Crippen molar-refractivity contribution < 1.29 is 5.11 Å². The van der Waals surface area contributed by atoms with Crippen molar-refractivity contribution in [2.75, 3.05) is 0 Å². The van der Waals surface area contributed by atoms with Crippen LogP contribution in [0.4, 0.5) is 0 Å². The Labute approximate surface area is 109 Å². The van der Waals surface area contributed by atoms with Crippen LogP contribution < -0.4 is 0 Å². The molecule has 0 radical (unpaired) electrons. The Morgan fingerprint density at radius 1 is 1.28 bits per heavy atom. The van der Waals surface area contributed by atoms with Crippen molar-refractivity contribution >= 4 is 10.9 Å². The lowest BCUT2D eigenvalue weighted by Gasteiger charge is -2.10. The maximum atomic E-state index is 10.1. The zero-order valence-electron chi connectivity index (χ0n) is 11.6. The summed E-state index contributed by atoms with van der Waals surface area (Å²) in [5.74, 6) is 0. The second-order valence-corrected chi connectivity index (χ2v) is 5.14. The molecule has 1 aromatic carbocycles. The zero-order valence-corrected chi connectivity index (χ0v) is 11.6. The number of rotatable bonds is 5. The van der Waals surface area contributed by atoms with Gasteiger partial charge in [-0.25, -0.2) is 0 Å². The monoisotopic (exact) mass is 245 g/mol. The van der Waals surface area contributed by atoms with E-state index in [4.69, 9.17) is 0 Å². The molecule has 2 heteroatoms. The minimum absolute atomic E-state index is 0.213. The molecule has 98 valence electrons. The fourth-order valence-corrected chi connectivity index (χ4v) is 2.63. The Kier molecular flexibility index (Phi) is 4.07. The predicted molar refractivity (Wildman–Crippen MR) is 76.9 cm³/mol. The zero-order chi connectivity index (χ0) is 13.1. The minimum atomic E-state index is -0.213. The molecule has 0 saturated heterocycles. The standard InChI is InChI=1S/C16H23NO/c1-4-5-8-13(18)11-15-12(2)17(3)16-10-7-6-9-14(15)16/h6-7,9-10,13,18H,4-5,8,11H2,1-3H3. The van der Waals surface area contributed by atoms with Crippen molar-refractivity contribution in [3.8, 4) is 0 Å². The molecule has 0 aliphatic carbocycles. The average molecular weight is 245 g/mol. The molecule has 0 spiro atoms. The quantitative estimate of drug-likeness (QED) is 0.855. The van der Waals surface area contributed by atoms with E-state index in [0.717, 1.165) is 25.7 Å². The van der Waals surface area contributed by atoms with Crippen LogP contribution in [0, 0.1) is 6.92 Å². The van der Waals surface area contributed by atoms with Crippen LogP contribution in [0.1, 0.15) is 37.4 Å². The van der Waals surface area contributed by atoms with Crippen LogP contribution >= 0.6 is 0 Å². The van der Waals surface area contributed by atoms with Gasteiger partial charge in [0.1, 0.15) is 0 Å². The highest BCUT2D eigenvalue weighted by Gasteiger charge is 2.14. The first kappa shape index (κ1) is 13.2. The number of benzene rings is 1. The molecule has 18 heavy (non-hydrogen) atoms. The van der Waals surface area contributed by atoms with Gasteiger partial charge >= 0.3 is 0 Å². The summed E-state index contributed by atoms with van der Waals surface area (Å²) < 4.78 is 2.22. The number of aromatic nitrogens is 1. The molecule has 1 atom stereocenters. The van der Waals surface area contributed by atoms with Gasteiger partial charge in [-0.2, -0.15) is 0 Å². The van der Waals surface area contributed by atoms with Gasteiger partial charge in [0.25, 0.3) is 0 Å². The highest BCUT2D eigenvalue weighted by atomic mass is 16.3. The lowest BCUT2D eigenvalue weighted by molar-refractivity contribution is 0.162. The molecule has 0 amide bonds. The average Bonchev–Trinajstić information content (AvgIpc) is 2.62. The summed E-state index contributed by atoms with van der Waals surface area (Å²) in [4.78, 5) is 0. The Morgan fingerprint density at radius 2 is 2.00 bits per heavy atom.